The molecule has 0 spiro atoms. The number of nitrogens with zero attached hydrogens (tertiary/aromatic N) is 3. The van der Waals surface area contributed by atoms with Crippen LogP contribution in [0.15, 0.2) is 47.4 Å². The predicted octanol–water partition coefficient (Wildman–Crippen LogP) is 2.38. The average Bonchev–Trinajstić information content (AvgIpc) is 2.68. The molecular formula is C20H23N3O3S. The van der Waals surface area contributed by atoms with Gasteiger partial charge in [0.05, 0.1) is 23.6 Å². The van der Waals surface area contributed by atoms with Crippen LogP contribution in [0.4, 0.5) is 0 Å². The molecule has 1 saturated heterocycles. The van der Waals surface area contributed by atoms with E-state index >= 15 is 0 Å². The summed E-state index contributed by atoms with van der Waals surface area (Å²) in [5.74, 6) is 0.851. The van der Waals surface area contributed by atoms with Crippen molar-refractivity contribution >= 4 is 10.0 Å². The molecule has 27 heavy (non-hydrogen) atoms. The van der Waals surface area contributed by atoms with Gasteiger partial charge in [0.1, 0.15) is 5.75 Å². The molecule has 3 rings (SSSR count). The van der Waals surface area contributed by atoms with E-state index < -0.39 is 10.0 Å². The van der Waals surface area contributed by atoms with Crippen molar-refractivity contribution < 1.29 is 13.2 Å². The number of ether oxygens (including phenoxy) is 1. The second-order valence-electron chi connectivity index (χ2n) is 6.64. The summed E-state index contributed by atoms with van der Waals surface area (Å²) in [5.41, 5.74) is 2.63. The first-order chi connectivity index (χ1) is 12.9. The molecule has 1 aliphatic heterocycles. The highest BCUT2D eigenvalue weighted by Crippen LogP contribution is 2.23. The number of hydrogen-bond donors (Lipinski definition) is 0. The Bertz CT molecular complexity index is 959. The Kier molecular flexibility index (Phi) is 5.80. The maximum absolute atomic E-state index is 12.8. The zero-order valence-electron chi connectivity index (χ0n) is 15.6. The van der Waals surface area contributed by atoms with E-state index in [0.29, 0.717) is 31.7 Å². The van der Waals surface area contributed by atoms with Crippen LogP contribution in [-0.2, 0) is 16.6 Å². The minimum absolute atomic E-state index is 0.176. The van der Waals surface area contributed by atoms with E-state index in [0.717, 1.165) is 17.9 Å². The SMILES string of the molecule is COc1ccc(C)cc1CN1CCN(S(=O)(=O)c2cccc(C#N)c2)CC1. The summed E-state index contributed by atoms with van der Waals surface area (Å²) < 4.78 is 32.6. The third-order valence-corrected chi connectivity index (χ3v) is 6.66. The fourth-order valence-electron chi connectivity index (χ4n) is 3.28. The number of nitriles is 1. The number of hydrogen-bond acceptors (Lipinski definition) is 5. The van der Waals surface area contributed by atoms with Gasteiger partial charge in [-0.2, -0.15) is 9.57 Å². The van der Waals surface area contributed by atoms with E-state index in [4.69, 9.17) is 10.00 Å². The lowest BCUT2D eigenvalue weighted by Gasteiger charge is -2.34. The van der Waals surface area contributed by atoms with Crippen LogP contribution in [0.3, 0.4) is 0 Å². The third kappa shape index (κ3) is 4.30. The largest absolute Gasteiger partial charge is 0.496 e. The summed E-state index contributed by atoms with van der Waals surface area (Å²) in [5, 5.41) is 9.00. The van der Waals surface area contributed by atoms with Gasteiger partial charge in [0.25, 0.3) is 0 Å². The highest BCUT2D eigenvalue weighted by atomic mass is 32.2. The molecule has 0 aliphatic carbocycles. The van der Waals surface area contributed by atoms with Gasteiger partial charge in [-0.05, 0) is 31.2 Å². The highest BCUT2D eigenvalue weighted by molar-refractivity contribution is 7.89. The average molecular weight is 385 g/mol. The molecule has 0 saturated carbocycles. The van der Waals surface area contributed by atoms with E-state index in [2.05, 4.69) is 11.0 Å². The first-order valence-corrected chi connectivity index (χ1v) is 10.2. The lowest BCUT2D eigenvalue weighted by Crippen LogP contribution is -2.48. The van der Waals surface area contributed by atoms with Crippen molar-refractivity contribution in [3.8, 4) is 11.8 Å². The Morgan fingerprint density at radius 2 is 1.85 bits per heavy atom. The summed E-state index contributed by atoms with van der Waals surface area (Å²) in [6.07, 6.45) is 0. The minimum atomic E-state index is -3.58. The molecule has 0 aromatic heterocycles. The van der Waals surface area contributed by atoms with Gasteiger partial charge in [-0.1, -0.05) is 23.8 Å². The molecule has 6 nitrogen and oxygen atoms in total. The van der Waals surface area contributed by atoms with Crippen LogP contribution in [0.2, 0.25) is 0 Å². The van der Waals surface area contributed by atoms with E-state index in [1.165, 1.54) is 15.9 Å². The lowest BCUT2D eigenvalue weighted by atomic mass is 10.1. The smallest absolute Gasteiger partial charge is 0.243 e. The molecule has 0 amide bonds. The first kappa shape index (κ1) is 19.4. The van der Waals surface area contributed by atoms with E-state index in [9.17, 15) is 8.42 Å². The van der Waals surface area contributed by atoms with Crippen LogP contribution < -0.4 is 4.74 Å². The zero-order chi connectivity index (χ0) is 19.4. The minimum Gasteiger partial charge on any atom is -0.496 e. The number of sulfonamides is 1. The van der Waals surface area contributed by atoms with Gasteiger partial charge in [0.2, 0.25) is 10.0 Å². The third-order valence-electron chi connectivity index (χ3n) is 4.76. The molecule has 142 valence electrons. The molecular weight excluding hydrogens is 362 g/mol. The Morgan fingerprint density at radius 1 is 1.11 bits per heavy atom. The normalized spacial score (nSPS) is 16.0. The number of aryl methyl sites for hydroxylation is 1. The summed E-state index contributed by atoms with van der Waals surface area (Å²) in [6.45, 7) is 4.91. The fraction of sp³-hybridized carbons (Fsp3) is 0.350. The van der Waals surface area contributed by atoms with E-state index in [-0.39, 0.29) is 4.90 Å². The molecule has 1 fully saturated rings. The summed E-state index contributed by atoms with van der Waals surface area (Å²) in [4.78, 5) is 2.41. The molecule has 0 radical (unpaired) electrons. The summed E-state index contributed by atoms with van der Waals surface area (Å²) in [7, 11) is -1.92. The second-order valence-corrected chi connectivity index (χ2v) is 8.57. The standard InChI is InChI=1S/C20H23N3O3S/c1-16-6-7-20(26-2)18(12-16)15-22-8-10-23(11-9-22)27(24,25)19-5-3-4-17(13-19)14-21/h3-7,12-13H,8-11,15H2,1-2H3. The molecule has 0 N–H and O–H groups in total. The van der Waals surface area contributed by atoms with Crippen LogP contribution in [0.25, 0.3) is 0 Å². The first-order valence-electron chi connectivity index (χ1n) is 8.80. The quantitative estimate of drug-likeness (QED) is 0.790. The summed E-state index contributed by atoms with van der Waals surface area (Å²) in [6, 6.07) is 14.3. The van der Waals surface area contributed by atoms with Crippen LogP contribution in [0.5, 0.6) is 5.75 Å². The number of piperazine rings is 1. The number of rotatable bonds is 5. The highest BCUT2D eigenvalue weighted by Gasteiger charge is 2.28. The molecule has 1 heterocycles. The van der Waals surface area contributed by atoms with Gasteiger partial charge in [-0.25, -0.2) is 8.42 Å². The zero-order valence-corrected chi connectivity index (χ0v) is 16.4. The fourth-order valence-corrected chi connectivity index (χ4v) is 4.74. The maximum atomic E-state index is 12.8. The van der Waals surface area contributed by atoms with Gasteiger partial charge in [0, 0.05) is 38.3 Å². The van der Waals surface area contributed by atoms with Crippen molar-refractivity contribution in [3.05, 3.63) is 59.2 Å². The van der Waals surface area contributed by atoms with Crippen LogP contribution in [-0.4, -0.2) is 50.9 Å². The van der Waals surface area contributed by atoms with Crippen LogP contribution in [0, 0.1) is 18.3 Å². The van der Waals surface area contributed by atoms with Gasteiger partial charge >= 0.3 is 0 Å². The Morgan fingerprint density at radius 3 is 2.52 bits per heavy atom. The number of benzene rings is 2. The summed E-state index contributed by atoms with van der Waals surface area (Å²) >= 11 is 0. The molecule has 0 atom stereocenters. The Balaban J connectivity index is 1.68. The Hall–Kier alpha value is -2.40. The van der Waals surface area contributed by atoms with Crippen molar-refractivity contribution in [2.75, 3.05) is 33.3 Å². The van der Waals surface area contributed by atoms with Crippen molar-refractivity contribution in [2.45, 2.75) is 18.4 Å². The molecule has 0 bridgehead atoms. The van der Waals surface area contributed by atoms with Gasteiger partial charge in [-0.3, -0.25) is 4.90 Å². The van der Waals surface area contributed by atoms with Crippen molar-refractivity contribution in [3.63, 3.8) is 0 Å². The van der Waals surface area contributed by atoms with Crippen LogP contribution >= 0.6 is 0 Å². The topological polar surface area (TPSA) is 73.6 Å². The lowest BCUT2D eigenvalue weighted by molar-refractivity contribution is 0.180. The molecule has 7 heteroatoms. The molecule has 2 aromatic rings. The Labute approximate surface area is 160 Å². The van der Waals surface area contributed by atoms with E-state index in [1.807, 2.05) is 25.1 Å². The molecule has 0 unspecified atom stereocenters. The monoisotopic (exact) mass is 385 g/mol. The van der Waals surface area contributed by atoms with Crippen molar-refractivity contribution in [2.24, 2.45) is 0 Å². The maximum Gasteiger partial charge on any atom is 0.243 e. The van der Waals surface area contributed by atoms with E-state index in [1.54, 1.807) is 25.3 Å². The van der Waals surface area contributed by atoms with Crippen LogP contribution in [0.1, 0.15) is 16.7 Å². The molecule has 1 aliphatic rings. The number of methoxy groups -OCH3 is 1. The van der Waals surface area contributed by atoms with Crippen molar-refractivity contribution in [1.82, 2.24) is 9.21 Å². The molecule has 2 aromatic carbocycles. The second kappa shape index (κ2) is 8.09. The van der Waals surface area contributed by atoms with Gasteiger partial charge in [-0.15, -0.1) is 0 Å². The van der Waals surface area contributed by atoms with Crippen molar-refractivity contribution in [1.29, 1.82) is 5.26 Å². The van der Waals surface area contributed by atoms with Gasteiger partial charge < -0.3 is 4.74 Å². The predicted molar refractivity (Wildman–Crippen MR) is 103 cm³/mol. The van der Waals surface area contributed by atoms with Gasteiger partial charge in [0.15, 0.2) is 0 Å².